The van der Waals surface area contributed by atoms with Crippen molar-refractivity contribution in [1.82, 2.24) is 4.98 Å². The molecule has 3 nitrogen and oxygen atoms in total. The molecule has 0 bridgehead atoms. The molecule has 14 heavy (non-hydrogen) atoms. The number of hydrogen-bond donors (Lipinski definition) is 1. The smallest absolute Gasteiger partial charge is 0.236 e. The number of aromatic nitrogens is 1. The Bertz CT molecular complexity index is 392. The van der Waals surface area contributed by atoms with Crippen LogP contribution in [-0.4, -0.2) is 11.0 Å². The first-order valence-electron chi connectivity index (χ1n) is 4.49. The Morgan fingerprint density at radius 2 is 2.50 bits per heavy atom. The van der Waals surface area contributed by atoms with Crippen molar-refractivity contribution < 1.29 is 4.42 Å². The molecule has 0 amide bonds. The van der Waals surface area contributed by atoms with Crippen LogP contribution in [0, 0.1) is 0 Å². The number of rotatable bonds is 3. The van der Waals surface area contributed by atoms with Gasteiger partial charge in [-0.1, -0.05) is 6.07 Å². The highest BCUT2D eigenvalue weighted by atomic mass is 32.1. The fraction of sp³-hybridized carbons (Fsp3) is 0.300. The van der Waals surface area contributed by atoms with Crippen LogP contribution in [-0.2, 0) is 6.42 Å². The topological polar surface area (TPSA) is 52.0 Å². The molecule has 2 N–H and O–H groups in total. The van der Waals surface area contributed by atoms with Crippen LogP contribution < -0.4 is 5.73 Å². The van der Waals surface area contributed by atoms with E-state index in [1.807, 2.05) is 24.4 Å². The number of nitrogens with two attached hydrogens (primary N) is 1. The van der Waals surface area contributed by atoms with Crippen LogP contribution in [0.15, 0.2) is 28.2 Å². The second-order valence-corrected chi connectivity index (χ2v) is 4.25. The molecule has 74 valence electrons. The van der Waals surface area contributed by atoms with Crippen LogP contribution >= 0.6 is 11.3 Å². The molecule has 0 radical (unpaired) electrons. The number of thiophene rings is 1. The zero-order valence-corrected chi connectivity index (χ0v) is 8.75. The summed E-state index contributed by atoms with van der Waals surface area (Å²) in [4.78, 5) is 5.41. The molecule has 1 atom stereocenters. The summed E-state index contributed by atoms with van der Waals surface area (Å²) in [6, 6.07) is 4.10. The minimum absolute atomic E-state index is 0.122. The summed E-state index contributed by atoms with van der Waals surface area (Å²) in [7, 11) is 0. The molecule has 0 spiro atoms. The summed E-state index contributed by atoms with van der Waals surface area (Å²) in [5.74, 6) is 0.690. The van der Waals surface area contributed by atoms with Crippen molar-refractivity contribution in [2.45, 2.75) is 19.4 Å². The van der Waals surface area contributed by atoms with Gasteiger partial charge in [0.25, 0.3) is 0 Å². The van der Waals surface area contributed by atoms with E-state index in [9.17, 15) is 0 Å². The van der Waals surface area contributed by atoms with Gasteiger partial charge in [0.1, 0.15) is 6.26 Å². The lowest BCUT2D eigenvalue weighted by molar-refractivity contribution is 0.572. The van der Waals surface area contributed by atoms with Crippen molar-refractivity contribution in [3.05, 3.63) is 29.5 Å². The van der Waals surface area contributed by atoms with Gasteiger partial charge in [0, 0.05) is 12.5 Å². The molecule has 0 aliphatic carbocycles. The molecule has 0 fully saturated rings. The van der Waals surface area contributed by atoms with Crippen LogP contribution in [0.4, 0.5) is 0 Å². The van der Waals surface area contributed by atoms with Crippen molar-refractivity contribution in [2.75, 3.05) is 0 Å². The summed E-state index contributed by atoms with van der Waals surface area (Å²) < 4.78 is 5.35. The van der Waals surface area contributed by atoms with Crippen LogP contribution in [0.25, 0.3) is 10.8 Å². The number of oxazole rings is 1. The van der Waals surface area contributed by atoms with Crippen LogP contribution in [0.1, 0.15) is 12.6 Å². The summed E-state index contributed by atoms with van der Waals surface area (Å²) >= 11 is 1.62. The van der Waals surface area contributed by atoms with Gasteiger partial charge in [-0.25, -0.2) is 4.98 Å². The third-order valence-electron chi connectivity index (χ3n) is 1.81. The largest absolute Gasteiger partial charge is 0.444 e. The SMILES string of the molecule is CC(N)Cc1coc(-c2cccs2)n1. The van der Waals surface area contributed by atoms with E-state index in [1.165, 1.54) is 0 Å². The van der Waals surface area contributed by atoms with Crippen molar-refractivity contribution in [3.63, 3.8) is 0 Å². The molecule has 2 aromatic heterocycles. The molecule has 0 saturated heterocycles. The lowest BCUT2D eigenvalue weighted by Crippen LogP contribution is -2.17. The first-order valence-corrected chi connectivity index (χ1v) is 5.37. The van der Waals surface area contributed by atoms with E-state index in [0.29, 0.717) is 5.89 Å². The normalized spacial score (nSPS) is 13.0. The maximum Gasteiger partial charge on any atom is 0.236 e. The molecule has 2 heterocycles. The fourth-order valence-corrected chi connectivity index (χ4v) is 1.90. The van der Waals surface area contributed by atoms with E-state index < -0.39 is 0 Å². The van der Waals surface area contributed by atoms with E-state index in [0.717, 1.165) is 17.0 Å². The van der Waals surface area contributed by atoms with Gasteiger partial charge in [-0.2, -0.15) is 0 Å². The van der Waals surface area contributed by atoms with Crippen LogP contribution in [0.2, 0.25) is 0 Å². The third-order valence-corrected chi connectivity index (χ3v) is 2.67. The van der Waals surface area contributed by atoms with Gasteiger partial charge in [-0.3, -0.25) is 0 Å². The van der Waals surface area contributed by atoms with Crippen molar-refractivity contribution >= 4 is 11.3 Å². The molecule has 0 aliphatic heterocycles. The van der Waals surface area contributed by atoms with Crippen molar-refractivity contribution in [3.8, 4) is 10.8 Å². The predicted molar refractivity (Wildman–Crippen MR) is 57.2 cm³/mol. The third kappa shape index (κ3) is 2.02. The van der Waals surface area contributed by atoms with Crippen LogP contribution in [0.5, 0.6) is 0 Å². The lowest BCUT2D eigenvalue weighted by Gasteiger charge is -1.98. The molecule has 4 heteroatoms. The summed E-state index contributed by atoms with van der Waals surface area (Å²) in [6.45, 7) is 1.96. The molecular weight excluding hydrogens is 196 g/mol. The van der Waals surface area contributed by atoms with E-state index in [-0.39, 0.29) is 6.04 Å². The molecule has 2 aromatic rings. The monoisotopic (exact) mass is 208 g/mol. The standard InChI is InChI=1S/C10H12N2OS/c1-7(11)5-8-6-13-10(12-8)9-3-2-4-14-9/h2-4,6-7H,5,11H2,1H3. The molecule has 1 unspecified atom stereocenters. The predicted octanol–water partition coefficient (Wildman–Crippen LogP) is 2.29. The summed E-state index contributed by atoms with van der Waals surface area (Å²) in [5, 5.41) is 2.00. The average molecular weight is 208 g/mol. The Kier molecular flexibility index (Phi) is 2.65. The molecule has 2 rings (SSSR count). The van der Waals surface area contributed by atoms with Gasteiger partial charge in [0.05, 0.1) is 10.6 Å². The van der Waals surface area contributed by atoms with Gasteiger partial charge in [-0.15, -0.1) is 11.3 Å². The van der Waals surface area contributed by atoms with E-state index in [1.54, 1.807) is 17.6 Å². The quantitative estimate of drug-likeness (QED) is 0.842. The molecule has 0 saturated carbocycles. The van der Waals surface area contributed by atoms with Crippen LogP contribution in [0.3, 0.4) is 0 Å². The second-order valence-electron chi connectivity index (χ2n) is 3.30. The number of nitrogens with zero attached hydrogens (tertiary/aromatic N) is 1. The maximum absolute atomic E-state index is 5.67. The van der Waals surface area contributed by atoms with Gasteiger partial charge in [0.2, 0.25) is 5.89 Å². The Hall–Kier alpha value is -1.13. The Labute approximate surface area is 86.6 Å². The Balaban J connectivity index is 2.18. The Morgan fingerprint density at radius 1 is 1.64 bits per heavy atom. The summed E-state index contributed by atoms with van der Waals surface area (Å²) in [5.41, 5.74) is 6.59. The first kappa shape index (κ1) is 9.43. The highest BCUT2D eigenvalue weighted by molar-refractivity contribution is 7.13. The molecule has 0 aliphatic rings. The minimum atomic E-state index is 0.122. The first-order chi connectivity index (χ1) is 6.75. The summed E-state index contributed by atoms with van der Waals surface area (Å²) in [6.07, 6.45) is 2.44. The minimum Gasteiger partial charge on any atom is -0.444 e. The van der Waals surface area contributed by atoms with Gasteiger partial charge < -0.3 is 10.2 Å². The Morgan fingerprint density at radius 3 is 3.14 bits per heavy atom. The fourth-order valence-electron chi connectivity index (χ4n) is 1.24. The van der Waals surface area contributed by atoms with Gasteiger partial charge in [-0.05, 0) is 18.4 Å². The van der Waals surface area contributed by atoms with Gasteiger partial charge in [0.15, 0.2) is 0 Å². The molecular formula is C10H12N2OS. The van der Waals surface area contributed by atoms with E-state index >= 15 is 0 Å². The number of hydrogen-bond acceptors (Lipinski definition) is 4. The second kappa shape index (κ2) is 3.94. The van der Waals surface area contributed by atoms with E-state index in [2.05, 4.69) is 4.98 Å². The zero-order valence-electron chi connectivity index (χ0n) is 7.93. The van der Waals surface area contributed by atoms with Crippen molar-refractivity contribution in [2.24, 2.45) is 5.73 Å². The van der Waals surface area contributed by atoms with Crippen molar-refractivity contribution in [1.29, 1.82) is 0 Å². The van der Waals surface area contributed by atoms with Gasteiger partial charge >= 0.3 is 0 Å². The zero-order chi connectivity index (χ0) is 9.97. The lowest BCUT2D eigenvalue weighted by atomic mass is 10.2. The highest BCUT2D eigenvalue weighted by Gasteiger charge is 2.08. The maximum atomic E-state index is 5.67. The van der Waals surface area contributed by atoms with E-state index in [4.69, 9.17) is 10.2 Å². The average Bonchev–Trinajstić information content (AvgIpc) is 2.69. The highest BCUT2D eigenvalue weighted by Crippen LogP contribution is 2.23. The molecule has 0 aromatic carbocycles.